The summed E-state index contributed by atoms with van der Waals surface area (Å²) in [7, 11) is 0. The Bertz CT molecular complexity index is 442. The highest BCUT2D eigenvalue weighted by Crippen LogP contribution is 2.24. The number of benzene rings is 1. The van der Waals surface area contributed by atoms with Gasteiger partial charge in [-0.3, -0.25) is 9.80 Å². The number of piperazine rings is 1. The van der Waals surface area contributed by atoms with Gasteiger partial charge in [-0.1, -0.05) is 17.7 Å². The van der Waals surface area contributed by atoms with Crippen molar-refractivity contribution in [2.24, 2.45) is 0 Å². The lowest BCUT2D eigenvalue weighted by Crippen LogP contribution is -2.49. The number of rotatable bonds is 3. The van der Waals surface area contributed by atoms with Crippen molar-refractivity contribution >= 4 is 11.6 Å². The summed E-state index contributed by atoms with van der Waals surface area (Å²) in [4.78, 5) is 4.87. The average molecular weight is 298 g/mol. The zero-order valence-corrected chi connectivity index (χ0v) is 12.4. The van der Waals surface area contributed by atoms with Crippen molar-refractivity contribution in [3.63, 3.8) is 0 Å². The van der Waals surface area contributed by atoms with E-state index in [1.807, 2.05) is 0 Å². The molecule has 0 saturated carbocycles. The van der Waals surface area contributed by atoms with Gasteiger partial charge in [-0.05, 0) is 18.6 Å². The maximum atomic E-state index is 13.8. The zero-order valence-electron chi connectivity index (χ0n) is 11.6. The van der Waals surface area contributed by atoms with E-state index in [1.165, 1.54) is 12.5 Å². The first-order valence-corrected chi connectivity index (χ1v) is 7.72. The average Bonchev–Trinajstić information content (AvgIpc) is 2.93. The third kappa shape index (κ3) is 3.14. The van der Waals surface area contributed by atoms with Crippen LogP contribution in [0.15, 0.2) is 18.2 Å². The van der Waals surface area contributed by atoms with Crippen molar-refractivity contribution in [2.45, 2.75) is 19.0 Å². The van der Waals surface area contributed by atoms with E-state index in [1.54, 1.807) is 12.1 Å². The first-order valence-electron chi connectivity index (χ1n) is 7.34. The Morgan fingerprint density at radius 3 is 2.80 bits per heavy atom. The molecule has 0 amide bonds. The number of nitrogens with zero attached hydrogens (tertiary/aromatic N) is 2. The van der Waals surface area contributed by atoms with Gasteiger partial charge in [0.25, 0.3) is 0 Å². The molecule has 3 nitrogen and oxygen atoms in total. The highest BCUT2D eigenvalue weighted by molar-refractivity contribution is 6.31. The quantitative estimate of drug-likeness (QED) is 0.920. The predicted octanol–water partition coefficient (Wildman–Crippen LogP) is 1.96. The first kappa shape index (κ1) is 14.3. The fourth-order valence-electron chi connectivity index (χ4n) is 3.21. The van der Waals surface area contributed by atoms with Crippen molar-refractivity contribution in [2.75, 3.05) is 39.3 Å². The fourth-order valence-corrected chi connectivity index (χ4v) is 3.43. The van der Waals surface area contributed by atoms with Gasteiger partial charge in [-0.2, -0.15) is 0 Å². The van der Waals surface area contributed by atoms with E-state index < -0.39 is 0 Å². The van der Waals surface area contributed by atoms with Gasteiger partial charge < -0.3 is 5.32 Å². The first-order chi connectivity index (χ1) is 9.74. The number of hydrogen-bond acceptors (Lipinski definition) is 3. The molecular weight excluding hydrogens is 277 g/mol. The van der Waals surface area contributed by atoms with Crippen molar-refractivity contribution in [1.82, 2.24) is 15.1 Å². The van der Waals surface area contributed by atoms with E-state index in [9.17, 15) is 4.39 Å². The van der Waals surface area contributed by atoms with Crippen LogP contribution in [0.1, 0.15) is 12.0 Å². The third-order valence-electron chi connectivity index (χ3n) is 4.36. The molecule has 1 aromatic rings. The van der Waals surface area contributed by atoms with Crippen LogP contribution in [0.4, 0.5) is 4.39 Å². The summed E-state index contributed by atoms with van der Waals surface area (Å²) >= 11 is 6.11. The summed E-state index contributed by atoms with van der Waals surface area (Å²) in [5.41, 5.74) is 0.634. The second-order valence-corrected chi connectivity index (χ2v) is 6.07. The van der Waals surface area contributed by atoms with E-state index in [0.717, 1.165) is 39.3 Å². The van der Waals surface area contributed by atoms with Crippen LogP contribution in [0.2, 0.25) is 5.02 Å². The summed E-state index contributed by atoms with van der Waals surface area (Å²) in [6.07, 6.45) is 1.17. The Morgan fingerprint density at radius 2 is 2.05 bits per heavy atom. The monoisotopic (exact) mass is 297 g/mol. The van der Waals surface area contributed by atoms with Crippen molar-refractivity contribution in [3.8, 4) is 0 Å². The molecule has 0 aromatic heterocycles. The Labute approximate surface area is 124 Å². The van der Waals surface area contributed by atoms with Gasteiger partial charge in [0.2, 0.25) is 0 Å². The molecule has 2 fully saturated rings. The summed E-state index contributed by atoms with van der Waals surface area (Å²) in [5.74, 6) is -0.192. The van der Waals surface area contributed by atoms with E-state index in [-0.39, 0.29) is 5.82 Å². The topological polar surface area (TPSA) is 18.5 Å². The van der Waals surface area contributed by atoms with Gasteiger partial charge in [0.1, 0.15) is 5.82 Å². The van der Waals surface area contributed by atoms with Gasteiger partial charge >= 0.3 is 0 Å². The Kier molecular flexibility index (Phi) is 4.56. The number of likely N-dealkylation sites (tertiary alicyclic amines) is 1. The Morgan fingerprint density at radius 1 is 1.25 bits per heavy atom. The molecule has 110 valence electrons. The molecule has 2 heterocycles. The maximum Gasteiger partial charge on any atom is 0.129 e. The second kappa shape index (κ2) is 6.39. The van der Waals surface area contributed by atoms with Crippen LogP contribution < -0.4 is 5.32 Å². The molecule has 1 N–H and O–H groups in total. The summed E-state index contributed by atoms with van der Waals surface area (Å²) < 4.78 is 13.8. The zero-order chi connectivity index (χ0) is 13.9. The minimum atomic E-state index is -0.192. The minimum absolute atomic E-state index is 0.192. The molecule has 2 aliphatic rings. The second-order valence-electron chi connectivity index (χ2n) is 5.66. The molecule has 2 aliphatic heterocycles. The Balaban J connectivity index is 1.60. The molecule has 0 spiro atoms. The standard InChI is InChI=1S/C15H21ClFN3/c16-14-2-1-3-15(17)13(14)11-19-7-4-12(10-19)20-8-5-18-6-9-20/h1-3,12,18H,4-11H2. The van der Waals surface area contributed by atoms with Crippen molar-refractivity contribution in [3.05, 3.63) is 34.6 Å². The van der Waals surface area contributed by atoms with E-state index in [0.29, 0.717) is 23.2 Å². The summed E-state index contributed by atoms with van der Waals surface area (Å²) in [6, 6.07) is 5.53. The molecule has 1 unspecified atom stereocenters. The minimum Gasteiger partial charge on any atom is -0.314 e. The molecule has 1 aromatic carbocycles. The summed E-state index contributed by atoms with van der Waals surface area (Å²) in [6.45, 7) is 7.07. The van der Waals surface area contributed by atoms with Gasteiger partial charge in [0, 0.05) is 62.4 Å². The number of hydrogen-bond donors (Lipinski definition) is 1. The van der Waals surface area contributed by atoms with Gasteiger partial charge in [-0.15, -0.1) is 0 Å². The fraction of sp³-hybridized carbons (Fsp3) is 0.600. The van der Waals surface area contributed by atoms with Gasteiger partial charge in [0.15, 0.2) is 0 Å². The van der Waals surface area contributed by atoms with E-state index in [4.69, 9.17) is 11.6 Å². The highest BCUT2D eigenvalue weighted by Gasteiger charge is 2.28. The Hall–Kier alpha value is -0.680. The molecule has 0 aliphatic carbocycles. The SMILES string of the molecule is Fc1cccc(Cl)c1CN1CCC(N2CCNCC2)C1. The van der Waals surface area contributed by atoms with Crippen LogP contribution in [0.5, 0.6) is 0 Å². The normalized spacial score (nSPS) is 25.2. The van der Waals surface area contributed by atoms with Crippen LogP contribution in [0.3, 0.4) is 0 Å². The molecular formula is C15H21ClFN3. The van der Waals surface area contributed by atoms with Crippen LogP contribution in [-0.4, -0.2) is 55.1 Å². The molecule has 0 bridgehead atoms. The molecule has 3 rings (SSSR count). The molecule has 0 radical (unpaired) electrons. The van der Waals surface area contributed by atoms with Gasteiger partial charge in [-0.25, -0.2) is 4.39 Å². The molecule has 1 atom stereocenters. The van der Waals surface area contributed by atoms with Crippen molar-refractivity contribution in [1.29, 1.82) is 0 Å². The lowest BCUT2D eigenvalue weighted by atomic mass is 10.2. The molecule has 5 heteroatoms. The van der Waals surface area contributed by atoms with Crippen LogP contribution in [0, 0.1) is 5.82 Å². The van der Waals surface area contributed by atoms with Crippen LogP contribution >= 0.6 is 11.6 Å². The maximum absolute atomic E-state index is 13.8. The van der Waals surface area contributed by atoms with Gasteiger partial charge in [0.05, 0.1) is 0 Å². The van der Waals surface area contributed by atoms with Crippen molar-refractivity contribution < 1.29 is 4.39 Å². The molecule has 20 heavy (non-hydrogen) atoms. The molecule has 2 saturated heterocycles. The summed E-state index contributed by atoms with van der Waals surface area (Å²) in [5, 5.41) is 3.92. The number of halogens is 2. The predicted molar refractivity (Wildman–Crippen MR) is 79.5 cm³/mol. The highest BCUT2D eigenvalue weighted by atomic mass is 35.5. The lowest BCUT2D eigenvalue weighted by molar-refractivity contribution is 0.170. The smallest absolute Gasteiger partial charge is 0.129 e. The third-order valence-corrected chi connectivity index (χ3v) is 4.71. The van der Waals surface area contributed by atoms with E-state index >= 15 is 0 Å². The van der Waals surface area contributed by atoms with Crippen LogP contribution in [0.25, 0.3) is 0 Å². The largest absolute Gasteiger partial charge is 0.314 e. The van der Waals surface area contributed by atoms with Crippen LogP contribution in [-0.2, 0) is 6.54 Å². The number of nitrogens with one attached hydrogen (secondary N) is 1. The lowest BCUT2D eigenvalue weighted by Gasteiger charge is -2.32. The van der Waals surface area contributed by atoms with E-state index in [2.05, 4.69) is 15.1 Å².